The van der Waals surface area contributed by atoms with E-state index in [4.69, 9.17) is 4.74 Å². The topological polar surface area (TPSA) is 26.3 Å². The van der Waals surface area contributed by atoms with Crippen LogP contribution in [0.1, 0.15) is 96.1 Å². The van der Waals surface area contributed by atoms with Crippen molar-refractivity contribution in [1.29, 1.82) is 0 Å². The van der Waals surface area contributed by atoms with E-state index in [2.05, 4.69) is 52.0 Å². The van der Waals surface area contributed by atoms with E-state index in [1.165, 1.54) is 37.7 Å². The summed E-state index contributed by atoms with van der Waals surface area (Å²) in [6.45, 7) is 9.32. The second-order valence-electron chi connectivity index (χ2n) is 9.61. The first kappa shape index (κ1) is 19.5. The lowest BCUT2D eigenvalue weighted by atomic mass is 9.78. The number of carbonyl (C=O) groups is 1. The number of hydrogen-bond acceptors (Lipinski definition) is 2. The molecule has 1 aromatic carbocycles. The Kier molecular flexibility index (Phi) is 5.79. The lowest BCUT2D eigenvalue weighted by Crippen LogP contribution is -2.27. The molecule has 0 spiro atoms. The summed E-state index contributed by atoms with van der Waals surface area (Å²) in [5.74, 6) is 1.20. The summed E-state index contributed by atoms with van der Waals surface area (Å²) in [7, 11) is 0. The largest absolute Gasteiger partial charge is 0.460 e. The fourth-order valence-electron chi connectivity index (χ4n) is 4.68. The summed E-state index contributed by atoms with van der Waals surface area (Å²) < 4.78 is 5.76. The van der Waals surface area contributed by atoms with Crippen molar-refractivity contribution in [2.24, 2.45) is 16.7 Å². The molecular weight excluding hydrogens is 320 g/mol. The van der Waals surface area contributed by atoms with Gasteiger partial charge in [-0.15, -0.1) is 0 Å². The molecule has 0 amide bonds. The second-order valence-corrected chi connectivity index (χ2v) is 9.61. The summed E-state index contributed by atoms with van der Waals surface area (Å²) in [6, 6.07) is 8.79. The minimum absolute atomic E-state index is 0.0166. The molecule has 0 bridgehead atoms. The van der Waals surface area contributed by atoms with E-state index < -0.39 is 0 Å². The quantitative estimate of drug-likeness (QED) is 0.512. The molecule has 2 heteroatoms. The third kappa shape index (κ3) is 4.32. The third-order valence-corrected chi connectivity index (χ3v) is 7.04. The standard InChI is InChI=1S/C24H36O2/c1-5-23(3,4)17-24(15-18(24)2)22(25)26-16-19-11-13-21(14-12-19)20-9-7-6-8-10-20/h11-14,18,20H,5-10,15-17H2,1-4H3. The van der Waals surface area contributed by atoms with Gasteiger partial charge in [-0.05, 0) is 54.1 Å². The van der Waals surface area contributed by atoms with Gasteiger partial charge >= 0.3 is 5.97 Å². The monoisotopic (exact) mass is 356 g/mol. The lowest BCUT2D eigenvalue weighted by Gasteiger charge is -2.28. The van der Waals surface area contributed by atoms with Gasteiger partial charge in [0, 0.05) is 0 Å². The minimum Gasteiger partial charge on any atom is -0.460 e. The van der Waals surface area contributed by atoms with E-state index >= 15 is 0 Å². The van der Waals surface area contributed by atoms with Gasteiger partial charge in [-0.25, -0.2) is 0 Å². The van der Waals surface area contributed by atoms with Crippen molar-refractivity contribution in [2.45, 2.75) is 91.6 Å². The Balaban J connectivity index is 1.55. The summed E-state index contributed by atoms with van der Waals surface area (Å²) in [6.07, 6.45) is 9.77. The van der Waals surface area contributed by atoms with Crippen LogP contribution in [0, 0.1) is 16.7 Å². The molecule has 0 aromatic heterocycles. The van der Waals surface area contributed by atoms with Crippen molar-refractivity contribution in [3.8, 4) is 0 Å². The average molecular weight is 357 g/mol. The summed E-state index contributed by atoms with van der Waals surface area (Å²) >= 11 is 0. The third-order valence-electron chi connectivity index (χ3n) is 7.04. The van der Waals surface area contributed by atoms with Gasteiger partial charge in [0.1, 0.15) is 6.61 Å². The highest BCUT2D eigenvalue weighted by Gasteiger charge is 2.59. The highest BCUT2D eigenvalue weighted by Crippen LogP contribution is 2.59. The fourth-order valence-corrected chi connectivity index (χ4v) is 4.68. The summed E-state index contributed by atoms with van der Waals surface area (Å²) in [5.41, 5.74) is 2.53. The molecule has 0 saturated heterocycles. The molecule has 2 aliphatic rings. The Hall–Kier alpha value is -1.31. The van der Waals surface area contributed by atoms with Gasteiger partial charge in [-0.1, -0.05) is 77.6 Å². The Bertz CT molecular complexity index is 610. The Labute approximate surface area is 159 Å². The van der Waals surface area contributed by atoms with E-state index in [0.717, 1.165) is 30.7 Å². The zero-order valence-corrected chi connectivity index (χ0v) is 17.1. The van der Waals surface area contributed by atoms with Crippen LogP contribution in [0.3, 0.4) is 0 Å². The Morgan fingerprint density at radius 1 is 1.15 bits per heavy atom. The van der Waals surface area contributed by atoms with Gasteiger partial charge in [0.05, 0.1) is 5.41 Å². The highest BCUT2D eigenvalue weighted by molar-refractivity contribution is 5.80. The predicted octanol–water partition coefficient (Wildman–Crippen LogP) is 6.63. The van der Waals surface area contributed by atoms with Crippen molar-refractivity contribution in [3.05, 3.63) is 35.4 Å². The normalized spacial score (nSPS) is 26.5. The number of rotatable bonds is 7. The molecule has 2 atom stereocenters. The van der Waals surface area contributed by atoms with Gasteiger partial charge < -0.3 is 4.74 Å². The molecule has 2 unspecified atom stereocenters. The molecule has 144 valence electrons. The zero-order valence-electron chi connectivity index (χ0n) is 17.1. The highest BCUT2D eigenvalue weighted by atomic mass is 16.5. The van der Waals surface area contributed by atoms with E-state index in [-0.39, 0.29) is 16.8 Å². The minimum atomic E-state index is -0.235. The van der Waals surface area contributed by atoms with E-state index in [1.807, 2.05) is 0 Å². The average Bonchev–Trinajstić information content (AvgIpc) is 3.30. The van der Waals surface area contributed by atoms with Crippen molar-refractivity contribution >= 4 is 5.97 Å². The number of ether oxygens (including phenoxy) is 1. The molecule has 2 aliphatic carbocycles. The van der Waals surface area contributed by atoms with E-state index in [0.29, 0.717) is 12.5 Å². The second kappa shape index (κ2) is 7.74. The van der Waals surface area contributed by atoms with Crippen LogP contribution in [0.2, 0.25) is 0 Å². The van der Waals surface area contributed by atoms with Crippen molar-refractivity contribution in [1.82, 2.24) is 0 Å². The maximum Gasteiger partial charge on any atom is 0.312 e. The molecule has 0 N–H and O–H groups in total. The van der Waals surface area contributed by atoms with Crippen LogP contribution in [0.5, 0.6) is 0 Å². The van der Waals surface area contributed by atoms with E-state index in [9.17, 15) is 4.79 Å². The van der Waals surface area contributed by atoms with Crippen molar-refractivity contribution < 1.29 is 9.53 Å². The summed E-state index contributed by atoms with van der Waals surface area (Å²) in [4.78, 5) is 12.8. The van der Waals surface area contributed by atoms with Crippen LogP contribution in [-0.4, -0.2) is 5.97 Å². The van der Waals surface area contributed by atoms with Crippen molar-refractivity contribution in [3.63, 3.8) is 0 Å². The zero-order chi connectivity index (χ0) is 18.8. The smallest absolute Gasteiger partial charge is 0.312 e. The molecule has 26 heavy (non-hydrogen) atoms. The first-order valence-corrected chi connectivity index (χ1v) is 10.6. The van der Waals surface area contributed by atoms with Gasteiger partial charge in [-0.3, -0.25) is 4.79 Å². The van der Waals surface area contributed by atoms with Gasteiger partial charge in [0.15, 0.2) is 0 Å². The molecule has 0 radical (unpaired) electrons. The Morgan fingerprint density at radius 2 is 1.77 bits per heavy atom. The molecule has 0 aliphatic heterocycles. The maximum atomic E-state index is 12.8. The van der Waals surface area contributed by atoms with Crippen LogP contribution in [-0.2, 0) is 16.1 Å². The number of esters is 1. The summed E-state index contributed by atoms with van der Waals surface area (Å²) in [5, 5.41) is 0. The van der Waals surface area contributed by atoms with Crippen LogP contribution in [0.15, 0.2) is 24.3 Å². The van der Waals surface area contributed by atoms with Gasteiger partial charge in [-0.2, -0.15) is 0 Å². The molecule has 0 heterocycles. The molecule has 3 rings (SSSR count). The molecular formula is C24H36O2. The van der Waals surface area contributed by atoms with E-state index in [1.54, 1.807) is 0 Å². The molecule has 2 fully saturated rings. The number of hydrogen-bond donors (Lipinski definition) is 0. The van der Waals surface area contributed by atoms with Crippen molar-refractivity contribution in [2.75, 3.05) is 0 Å². The Morgan fingerprint density at radius 3 is 2.31 bits per heavy atom. The van der Waals surface area contributed by atoms with Crippen LogP contribution < -0.4 is 0 Å². The SMILES string of the molecule is CCC(C)(C)CC1(C(=O)OCc2ccc(C3CCCCC3)cc2)CC1C. The van der Waals surface area contributed by atoms with Gasteiger partial charge in [0.2, 0.25) is 0 Å². The van der Waals surface area contributed by atoms with Gasteiger partial charge in [0.25, 0.3) is 0 Å². The lowest BCUT2D eigenvalue weighted by molar-refractivity contribution is -0.153. The maximum absolute atomic E-state index is 12.8. The first-order valence-electron chi connectivity index (χ1n) is 10.6. The molecule has 2 saturated carbocycles. The van der Waals surface area contributed by atoms with Crippen LogP contribution in [0.25, 0.3) is 0 Å². The van der Waals surface area contributed by atoms with Crippen LogP contribution >= 0.6 is 0 Å². The molecule has 1 aromatic rings. The van der Waals surface area contributed by atoms with Crippen LogP contribution in [0.4, 0.5) is 0 Å². The fraction of sp³-hybridized carbons (Fsp3) is 0.708. The first-order chi connectivity index (χ1) is 12.4. The predicted molar refractivity (Wildman–Crippen MR) is 107 cm³/mol. The number of benzene rings is 1. The molecule has 2 nitrogen and oxygen atoms in total. The number of carbonyl (C=O) groups excluding carboxylic acids is 1.